The first-order valence-corrected chi connectivity index (χ1v) is 12.3. The molecule has 1 aromatic carbocycles. The van der Waals surface area contributed by atoms with E-state index < -0.39 is 11.7 Å². The van der Waals surface area contributed by atoms with Gasteiger partial charge in [-0.15, -0.1) is 12.4 Å². The number of aromatic nitrogens is 3. The number of hydrogen-bond donors (Lipinski definition) is 5. The molecule has 0 spiro atoms. The van der Waals surface area contributed by atoms with Crippen LogP contribution in [0.15, 0.2) is 33.5 Å². The van der Waals surface area contributed by atoms with E-state index in [0.29, 0.717) is 68.3 Å². The zero-order valence-electron chi connectivity index (χ0n) is 20.7. The molecule has 4 heterocycles. The average molecular weight is 532 g/mol. The van der Waals surface area contributed by atoms with Crippen LogP contribution in [0.5, 0.6) is 0 Å². The molecule has 2 saturated heterocycles. The van der Waals surface area contributed by atoms with E-state index in [-0.39, 0.29) is 30.4 Å². The van der Waals surface area contributed by atoms with Crippen molar-refractivity contribution in [1.29, 1.82) is 0 Å². The van der Waals surface area contributed by atoms with E-state index in [1.807, 2.05) is 28.9 Å². The molecule has 0 bridgehead atoms. The Morgan fingerprint density at radius 2 is 1.78 bits per heavy atom. The molecule has 12 nitrogen and oxygen atoms in total. The number of nitrogens with zero attached hydrogens (tertiary/aromatic N) is 5. The van der Waals surface area contributed by atoms with Crippen LogP contribution in [0.25, 0.3) is 11.0 Å². The molecule has 2 aliphatic heterocycles. The number of nitrogens with two attached hydrogens (primary N) is 3. The quantitative estimate of drug-likeness (QED) is 0.287. The average Bonchev–Trinajstić information content (AvgIpc) is 2.83. The van der Waals surface area contributed by atoms with Gasteiger partial charge in [0.2, 0.25) is 17.8 Å². The topological polar surface area (TPSA) is 186 Å². The molecule has 0 aliphatic carbocycles. The number of benzene rings is 1. The van der Waals surface area contributed by atoms with Crippen LogP contribution in [0.4, 0.5) is 23.5 Å². The summed E-state index contributed by atoms with van der Waals surface area (Å²) in [5, 5.41) is 14.4. The van der Waals surface area contributed by atoms with Gasteiger partial charge in [0.05, 0.1) is 6.10 Å². The van der Waals surface area contributed by atoms with Gasteiger partial charge in [-0.2, -0.15) is 15.0 Å². The zero-order chi connectivity index (χ0) is 25.4. The maximum absolute atomic E-state index is 11.9. The van der Waals surface area contributed by atoms with Crippen LogP contribution in [0.2, 0.25) is 0 Å². The summed E-state index contributed by atoms with van der Waals surface area (Å²) in [5.74, 6) is 1.24. The van der Waals surface area contributed by atoms with Gasteiger partial charge in [-0.1, -0.05) is 0 Å². The van der Waals surface area contributed by atoms with Crippen LogP contribution in [-0.4, -0.2) is 71.0 Å². The van der Waals surface area contributed by atoms with E-state index in [1.54, 1.807) is 6.07 Å². The largest absolute Gasteiger partial charge is 0.423 e. The SMILES string of the molecule is Cc1cc(=O)oc2cc(Nc3nc(N4C[C@H](N)C[C@H](N)C4)nc(N4CC[C@H](O)[C@H](CN)C4)n3)ccc12.Cl. The molecule has 0 unspecified atom stereocenters. The fraction of sp³-hybridized carbons (Fsp3) is 0.500. The first-order chi connectivity index (χ1) is 17.3. The molecule has 37 heavy (non-hydrogen) atoms. The molecule has 5 rings (SSSR count). The van der Waals surface area contributed by atoms with Gasteiger partial charge < -0.3 is 41.8 Å². The van der Waals surface area contributed by atoms with Gasteiger partial charge in [0, 0.05) is 67.4 Å². The number of halogens is 1. The Hall–Kier alpha value is -3.03. The fourth-order valence-corrected chi connectivity index (χ4v) is 5.00. The molecule has 3 aromatic rings. The molecule has 0 saturated carbocycles. The summed E-state index contributed by atoms with van der Waals surface area (Å²) in [4.78, 5) is 30.0. The Morgan fingerprint density at radius 1 is 1.08 bits per heavy atom. The van der Waals surface area contributed by atoms with Crippen LogP contribution in [0, 0.1) is 12.8 Å². The van der Waals surface area contributed by atoms with E-state index in [1.165, 1.54) is 6.07 Å². The summed E-state index contributed by atoms with van der Waals surface area (Å²) in [5.41, 5.74) is 19.9. The number of piperidine rings is 2. The summed E-state index contributed by atoms with van der Waals surface area (Å²) in [6.07, 6.45) is 0.872. The molecular weight excluding hydrogens is 498 g/mol. The van der Waals surface area contributed by atoms with Crippen molar-refractivity contribution < 1.29 is 9.52 Å². The zero-order valence-corrected chi connectivity index (χ0v) is 21.5. The number of rotatable bonds is 5. The third kappa shape index (κ3) is 5.94. The minimum absolute atomic E-state index is 0. The maximum atomic E-state index is 11.9. The van der Waals surface area contributed by atoms with Crippen LogP contribution in [0.1, 0.15) is 18.4 Å². The van der Waals surface area contributed by atoms with Gasteiger partial charge in [-0.05, 0) is 44.0 Å². The summed E-state index contributed by atoms with van der Waals surface area (Å²) in [7, 11) is 0. The molecule has 200 valence electrons. The maximum Gasteiger partial charge on any atom is 0.336 e. The number of aryl methyl sites for hydroxylation is 1. The summed E-state index contributed by atoms with van der Waals surface area (Å²) >= 11 is 0. The highest BCUT2D eigenvalue weighted by Crippen LogP contribution is 2.27. The standard InChI is InChI=1S/C24H33N9O3.ClH/c1-13-6-21(35)36-20-8-17(2-3-18(13)20)28-22-29-23(32-5-4-19(34)14(9-25)10-32)31-24(30-22)33-11-15(26)7-16(27)12-33;/h2-3,6,8,14-16,19,34H,4-5,7,9-12,25-27H2,1H3,(H,28,29,30,31);1H/t14-,15-,16+,19+;/m1./s1. The minimum Gasteiger partial charge on any atom is -0.423 e. The molecule has 2 fully saturated rings. The number of aliphatic hydroxyl groups excluding tert-OH is 1. The van der Waals surface area contributed by atoms with Crippen molar-refractivity contribution in [3.8, 4) is 0 Å². The summed E-state index contributed by atoms with van der Waals surface area (Å²) < 4.78 is 5.39. The Bertz CT molecular complexity index is 1300. The molecule has 0 radical (unpaired) electrons. The lowest BCUT2D eigenvalue weighted by atomic mass is 9.95. The number of hydrogen-bond acceptors (Lipinski definition) is 12. The van der Waals surface area contributed by atoms with E-state index in [0.717, 1.165) is 17.4 Å². The van der Waals surface area contributed by atoms with E-state index >= 15 is 0 Å². The van der Waals surface area contributed by atoms with Crippen LogP contribution < -0.4 is 37.9 Å². The van der Waals surface area contributed by atoms with Crippen LogP contribution in [-0.2, 0) is 0 Å². The highest BCUT2D eigenvalue weighted by molar-refractivity contribution is 5.85. The lowest BCUT2D eigenvalue weighted by molar-refractivity contribution is 0.0917. The fourth-order valence-electron chi connectivity index (χ4n) is 5.00. The molecule has 8 N–H and O–H groups in total. The van der Waals surface area contributed by atoms with Gasteiger partial charge in [0.25, 0.3) is 0 Å². The van der Waals surface area contributed by atoms with Crippen molar-refractivity contribution in [1.82, 2.24) is 15.0 Å². The van der Waals surface area contributed by atoms with Crippen molar-refractivity contribution in [2.24, 2.45) is 23.1 Å². The second-order valence-electron chi connectivity index (χ2n) is 9.80. The van der Waals surface area contributed by atoms with Crippen molar-refractivity contribution >= 4 is 46.9 Å². The van der Waals surface area contributed by atoms with Crippen LogP contribution >= 0.6 is 12.4 Å². The molecule has 2 aliphatic rings. The number of anilines is 4. The first-order valence-electron chi connectivity index (χ1n) is 12.3. The number of nitrogens with one attached hydrogen (secondary N) is 1. The molecule has 2 aromatic heterocycles. The Kier molecular flexibility index (Phi) is 8.14. The Balaban J connectivity index is 0.00000320. The van der Waals surface area contributed by atoms with Gasteiger partial charge in [0.15, 0.2) is 0 Å². The lowest BCUT2D eigenvalue weighted by Gasteiger charge is -2.37. The summed E-state index contributed by atoms with van der Waals surface area (Å²) in [6.45, 7) is 4.55. The Labute approximate surface area is 220 Å². The third-order valence-corrected chi connectivity index (χ3v) is 6.90. The number of fused-ring (bicyclic) bond motifs is 1. The second-order valence-corrected chi connectivity index (χ2v) is 9.80. The van der Waals surface area contributed by atoms with Gasteiger partial charge in [-0.25, -0.2) is 4.79 Å². The van der Waals surface area contributed by atoms with E-state index in [2.05, 4.69) is 15.3 Å². The van der Waals surface area contributed by atoms with Crippen molar-refractivity contribution in [3.05, 3.63) is 40.2 Å². The highest BCUT2D eigenvalue weighted by atomic mass is 35.5. The Morgan fingerprint density at radius 3 is 2.49 bits per heavy atom. The molecule has 0 amide bonds. The highest BCUT2D eigenvalue weighted by Gasteiger charge is 2.30. The van der Waals surface area contributed by atoms with E-state index in [9.17, 15) is 9.90 Å². The first kappa shape index (κ1) is 27.0. The van der Waals surface area contributed by atoms with Crippen LogP contribution in [0.3, 0.4) is 0 Å². The molecular formula is C24H34ClN9O3. The number of aliphatic hydroxyl groups is 1. The third-order valence-electron chi connectivity index (χ3n) is 6.90. The van der Waals surface area contributed by atoms with Gasteiger partial charge in [0.1, 0.15) is 5.58 Å². The van der Waals surface area contributed by atoms with Crippen molar-refractivity contribution in [2.75, 3.05) is 47.8 Å². The predicted molar refractivity (Wildman–Crippen MR) is 146 cm³/mol. The lowest BCUT2D eigenvalue weighted by Crippen LogP contribution is -2.53. The summed E-state index contributed by atoms with van der Waals surface area (Å²) in [6, 6.07) is 6.83. The second kappa shape index (κ2) is 11.2. The molecule has 4 atom stereocenters. The van der Waals surface area contributed by atoms with E-state index in [4.69, 9.17) is 26.6 Å². The predicted octanol–water partition coefficient (Wildman–Crippen LogP) is 0.462. The monoisotopic (exact) mass is 531 g/mol. The smallest absolute Gasteiger partial charge is 0.336 e. The normalized spacial score (nSPS) is 24.1. The molecule has 13 heteroatoms. The minimum atomic E-state index is -0.445. The van der Waals surface area contributed by atoms with Gasteiger partial charge in [-0.3, -0.25) is 0 Å². The van der Waals surface area contributed by atoms with Crippen molar-refractivity contribution in [3.63, 3.8) is 0 Å². The van der Waals surface area contributed by atoms with Gasteiger partial charge >= 0.3 is 5.63 Å². The van der Waals surface area contributed by atoms with Crippen molar-refractivity contribution in [2.45, 2.75) is 38.0 Å².